The Bertz CT molecular complexity index is 551. The predicted octanol–water partition coefficient (Wildman–Crippen LogP) is 0.404. The minimum Gasteiger partial charge on any atom is -0.329 e. The third kappa shape index (κ3) is 1.84. The van der Waals surface area contributed by atoms with Crippen molar-refractivity contribution in [2.45, 2.75) is 6.54 Å². The number of nitrogens with zero attached hydrogens (tertiary/aromatic N) is 3. The van der Waals surface area contributed by atoms with Crippen LogP contribution in [0.3, 0.4) is 0 Å². The molecule has 0 aliphatic heterocycles. The van der Waals surface area contributed by atoms with Gasteiger partial charge in [0.15, 0.2) is 0 Å². The van der Waals surface area contributed by atoms with Crippen LogP contribution in [0.1, 0.15) is 0 Å². The lowest BCUT2D eigenvalue weighted by Gasteiger charge is -2.02. The first-order valence-electron chi connectivity index (χ1n) is 4.45. The van der Waals surface area contributed by atoms with Crippen molar-refractivity contribution in [3.63, 3.8) is 0 Å². The van der Waals surface area contributed by atoms with Crippen LogP contribution in [0.5, 0.6) is 0 Å². The Morgan fingerprint density at radius 1 is 1.47 bits per heavy atom. The van der Waals surface area contributed by atoms with Crippen LogP contribution in [-0.2, 0) is 6.54 Å². The summed E-state index contributed by atoms with van der Waals surface area (Å²) in [6.07, 6.45) is 0. The van der Waals surface area contributed by atoms with E-state index in [2.05, 4.69) is 10.3 Å². The molecule has 1 heterocycles. The molecule has 0 aliphatic carbocycles. The molecule has 78 valence electrons. The minimum absolute atomic E-state index is 0.215. The van der Waals surface area contributed by atoms with Crippen LogP contribution in [-0.4, -0.2) is 21.5 Å². The van der Waals surface area contributed by atoms with Crippen LogP contribution in [0, 0.1) is 0 Å². The molecule has 15 heavy (non-hydrogen) atoms. The summed E-state index contributed by atoms with van der Waals surface area (Å²) >= 11 is 5.80. The first kappa shape index (κ1) is 10.1. The van der Waals surface area contributed by atoms with E-state index >= 15 is 0 Å². The second-order valence-corrected chi connectivity index (χ2v) is 3.50. The quantitative estimate of drug-likeness (QED) is 0.802. The Labute approximate surface area is 90.5 Å². The molecule has 0 radical (unpaired) electrons. The summed E-state index contributed by atoms with van der Waals surface area (Å²) in [5.74, 6) is 0. The normalized spacial score (nSPS) is 10.8. The van der Waals surface area contributed by atoms with E-state index in [1.54, 1.807) is 18.2 Å². The molecule has 0 spiro atoms. The van der Waals surface area contributed by atoms with Crippen LogP contribution in [0.15, 0.2) is 23.0 Å². The zero-order valence-electron chi connectivity index (χ0n) is 7.85. The van der Waals surface area contributed by atoms with E-state index in [9.17, 15) is 4.79 Å². The Morgan fingerprint density at radius 2 is 2.27 bits per heavy atom. The molecule has 0 saturated carbocycles. The van der Waals surface area contributed by atoms with Crippen LogP contribution in [0.4, 0.5) is 0 Å². The van der Waals surface area contributed by atoms with Gasteiger partial charge in [-0.15, -0.1) is 5.10 Å². The van der Waals surface area contributed by atoms with Gasteiger partial charge in [0.1, 0.15) is 5.52 Å². The molecule has 0 fully saturated rings. The van der Waals surface area contributed by atoms with Crippen molar-refractivity contribution in [3.8, 4) is 0 Å². The van der Waals surface area contributed by atoms with E-state index in [0.29, 0.717) is 29.0 Å². The molecule has 0 atom stereocenters. The molecule has 1 aromatic heterocycles. The molecule has 0 amide bonds. The van der Waals surface area contributed by atoms with E-state index in [4.69, 9.17) is 17.3 Å². The molecule has 2 aromatic rings. The number of hydrogen-bond donors (Lipinski definition) is 1. The van der Waals surface area contributed by atoms with Crippen molar-refractivity contribution in [2.75, 3.05) is 6.54 Å². The molecule has 2 rings (SSSR count). The van der Waals surface area contributed by atoms with Gasteiger partial charge in [-0.25, -0.2) is 4.68 Å². The van der Waals surface area contributed by atoms with Gasteiger partial charge in [-0.05, 0) is 18.2 Å². The van der Waals surface area contributed by atoms with Gasteiger partial charge in [-0.3, -0.25) is 4.79 Å². The Hall–Kier alpha value is -1.46. The largest absolute Gasteiger partial charge is 0.329 e. The summed E-state index contributed by atoms with van der Waals surface area (Å²) in [5, 5.41) is 8.63. The Balaban J connectivity index is 2.71. The summed E-state index contributed by atoms with van der Waals surface area (Å²) in [6.45, 7) is 0.703. The summed E-state index contributed by atoms with van der Waals surface area (Å²) in [4.78, 5) is 11.8. The van der Waals surface area contributed by atoms with Gasteiger partial charge < -0.3 is 5.73 Å². The van der Waals surface area contributed by atoms with Crippen molar-refractivity contribution >= 4 is 22.5 Å². The first-order valence-corrected chi connectivity index (χ1v) is 4.83. The third-order valence-corrected chi connectivity index (χ3v) is 2.26. The molecular formula is C9H9ClN4O. The molecule has 2 N–H and O–H groups in total. The van der Waals surface area contributed by atoms with Crippen molar-refractivity contribution in [2.24, 2.45) is 5.73 Å². The van der Waals surface area contributed by atoms with Gasteiger partial charge in [0.2, 0.25) is 0 Å². The fourth-order valence-electron chi connectivity index (χ4n) is 1.32. The zero-order valence-corrected chi connectivity index (χ0v) is 8.61. The number of nitrogens with two attached hydrogens (primary N) is 1. The van der Waals surface area contributed by atoms with Gasteiger partial charge in [-0.2, -0.15) is 0 Å². The molecule has 0 unspecified atom stereocenters. The average molecular weight is 225 g/mol. The van der Waals surface area contributed by atoms with Crippen molar-refractivity contribution < 1.29 is 0 Å². The molecule has 6 heteroatoms. The van der Waals surface area contributed by atoms with Gasteiger partial charge in [-0.1, -0.05) is 16.8 Å². The highest BCUT2D eigenvalue weighted by atomic mass is 35.5. The number of aromatic nitrogens is 3. The topological polar surface area (TPSA) is 73.8 Å². The van der Waals surface area contributed by atoms with Gasteiger partial charge >= 0.3 is 0 Å². The molecular weight excluding hydrogens is 216 g/mol. The summed E-state index contributed by atoms with van der Waals surface area (Å²) in [7, 11) is 0. The number of rotatable bonds is 2. The highest BCUT2D eigenvalue weighted by molar-refractivity contribution is 6.31. The monoisotopic (exact) mass is 224 g/mol. The second kappa shape index (κ2) is 3.96. The van der Waals surface area contributed by atoms with E-state index in [-0.39, 0.29) is 5.56 Å². The molecule has 1 aromatic carbocycles. The second-order valence-electron chi connectivity index (χ2n) is 3.07. The Morgan fingerprint density at radius 3 is 3.00 bits per heavy atom. The van der Waals surface area contributed by atoms with Crippen molar-refractivity contribution in [3.05, 3.63) is 33.6 Å². The lowest BCUT2D eigenvalue weighted by Crippen LogP contribution is -2.27. The van der Waals surface area contributed by atoms with Gasteiger partial charge in [0, 0.05) is 11.6 Å². The third-order valence-electron chi connectivity index (χ3n) is 2.02. The minimum atomic E-state index is -0.215. The number of fused-ring (bicyclic) bond motifs is 1. The van der Waals surface area contributed by atoms with Crippen LogP contribution >= 0.6 is 11.6 Å². The maximum Gasteiger partial charge on any atom is 0.277 e. The SMILES string of the molecule is NCCn1nnc2ccc(Cl)cc2c1=O. The standard InChI is InChI=1S/C9H9ClN4O/c10-6-1-2-8-7(5-6)9(15)14(4-3-11)13-12-8/h1-2,5H,3-4,11H2. The highest BCUT2D eigenvalue weighted by Crippen LogP contribution is 2.13. The predicted molar refractivity (Wildman–Crippen MR) is 57.9 cm³/mol. The lowest BCUT2D eigenvalue weighted by atomic mass is 10.2. The van der Waals surface area contributed by atoms with Crippen molar-refractivity contribution in [1.82, 2.24) is 15.0 Å². The maximum atomic E-state index is 11.8. The smallest absolute Gasteiger partial charge is 0.277 e. The Kier molecular flexibility index (Phi) is 2.66. The van der Waals surface area contributed by atoms with Crippen LogP contribution < -0.4 is 11.3 Å². The maximum absolute atomic E-state index is 11.8. The van der Waals surface area contributed by atoms with E-state index in [1.165, 1.54) is 4.68 Å². The number of halogens is 1. The first-order chi connectivity index (χ1) is 7.22. The molecule has 0 bridgehead atoms. The van der Waals surface area contributed by atoms with Crippen molar-refractivity contribution in [1.29, 1.82) is 0 Å². The molecule has 0 saturated heterocycles. The van der Waals surface area contributed by atoms with E-state index in [0.717, 1.165) is 0 Å². The fraction of sp³-hybridized carbons (Fsp3) is 0.222. The van der Waals surface area contributed by atoms with Gasteiger partial charge in [0.25, 0.3) is 5.56 Å². The molecule has 0 aliphatic rings. The molecule has 5 nitrogen and oxygen atoms in total. The number of hydrogen-bond acceptors (Lipinski definition) is 4. The summed E-state index contributed by atoms with van der Waals surface area (Å²) in [5.41, 5.74) is 5.67. The fourth-order valence-corrected chi connectivity index (χ4v) is 1.49. The highest BCUT2D eigenvalue weighted by Gasteiger charge is 2.04. The number of benzene rings is 1. The van der Waals surface area contributed by atoms with Crippen LogP contribution in [0.2, 0.25) is 5.02 Å². The zero-order chi connectivity index (χ0) is 10.8. The van der Waals surface area contributed by atoms with E-state index in [1.807, 2.05) is 0 Å². The summed E-state index contributed by atoms with van der Waals surface area (Å²) in [6, 6.07) is 4.92. The van der Waals surface area contributed by atoms with E-state index < -0.39 is 0 Å². The summed E-state index contributed by atoms with van der Waals surface area (Å²) < 4.78 is 1.23. The lowest BCUT2D eigenvalue weighted by molar-refractivity contribution is 0.558. The van der Waals surface area contributed by atoms with Crippen LogP contribution in [0.25, 0.3) is 10.9 Å². The average Bonchev–Trinajstić information content (AvgIpc) is 2.23. The van der Waals surface area contributed by atoms with Gasteiger partial charge in [0.05, 0.1) is 11.9 Å².